The van der Waals surface area contributed by atoms with Crippen LogP contribution in [0, 0.1) is 5.92 Å². The predicted octanol–water partition coefficient (Wildman–Crippen LogP) is 5.55. The first-order chi connectivity index (χ1) is 15.6. The summed E-state index contributed by atoms with van der Waals surface area (Å²) < 4.78 is 2.04. The molecule has 168 valence electrons. The second kappa shape index (κ2) is 10.5. The Balaban J connectivity index is 1.47. The van der Waals surface area contributed by atoms with Crippen molar-refractivity contribution in [2.24, 2.45) is 5.92 Å². The summed E-state index contributed by atoms with van der Waals surface area (Å²) in [6, 6.07) is 11.5. The van der Waals surface area contributed by atoms with E-state index in [-0.39, 0.29) is 5.69 Å². The van der Waals surface area contributed by atoms with Crippen LogP contribution < -0.4 is 0 Å². The molecule has 0 aliphatic heterocycles. The molecule has 0 amide bonds. The van der Waals surface area contributed by atoms with Gasteiger partial charge in [-0.1, -0.05) is 69.4 Å². The molecule has 1 aromatic carbocycles. The van der Waals surface area contributed by atoms with Crippen molar-refractivity contribution in [2.45, 2.75) is 71.3 Å². The highest BCUT2D eigenvalue weighted by Gasteiger charge is 2.16. The van der Waals surface area contributed by atoms with E-state index in [4.69, 9.17) is 10.1 Å². The average Bonchev–Trinajstić information content (AvgIpc) is 3.20. The van der Waals surface area contributed by atoms with Crippen LogP contribution in [-0.4, -0.2) is 30.8 Å². The zero-order valence-corrected chi connectivity index (χ0v) is 18.8. The van der Waals surface area contributed by atoms with Gasteiger partial charge in [-0.2, -0.15) is 5.10 Å². The summed E-state index contributed by atoms with van der Waals surface area (Å²) in [4.78, 5) is 20.3. The molecule has 0 saturated heterocycles. The van der Waals surface area contributed by atoms with E-state index in [1.54, 1.807) is 12.1 Å². The van der Waals surface area contributed by atoms with Gasteiger partial charge in [0, 0.05) is 24.6 Å². The molecule has 32 heavy (non-hydrogen) atoms. The lowest BCUT2D eigenvalue weighted by Gasteiger charge is -2.20. The van der Waals surface area contributed by atoms with E-state index in [0.717, 1.165) is 48.0 Å². The van der Waals surface area contributed by atoms with Gasteiger partial charge in [-0.05, 0) is 36.0 Å². The number of aromatic carboxylic acids is 1. The van der Waals surface area contributed by atoms with Gasteiger partial charge < -0.3 is 5.11 Å². The Morgan fingerprint density at radius 1 is 1.09 bits per heavy atom. The summed E-state index contributed by atoms with van der Waals surface area (Å²) in [6.07, 6.45) is 12.5. The Kier molecular flexibility index (Phi) is 7.30. The third-order valence-electron chi connectivity index (χ3n) is 6.37. The molecule has 2 aromatic heterocycles. The van der Waals surface area contributed by atoms with Crippen molar-refractivity contribution in [2.75, 3.05) is 0 Å². The quantitative estimate of drug-likeness (QED) is 0.479. The van der Waals surface area contributed by atoms with Crippen LogP contribution in [0.4, 0.5) is 0 Å². The van der Waals surface area contributed by atoms with Gasteiger partial charge in [0.05, 0.1) is 6.54 Å². The van der Waals surface area contributed by atoms with E-state index in [0.29, 0.717) is 12.1 Å². The number of nitrogens with zero attached hydrogens (tertiary/aromatic N) is 4. The van der Waals surface area contributed by atoms with E-state index < -0.39 is 5.97 Å². The first-order valence-electron chi connectivity index (χ1n) is 11.8. The van der Waals surface area contributed by atoms with E-state index in [1.165, 1.54) is 44.7 Å². The van der Waals surface area contributed by atoms with Crippen LogP contribution >= 0.6 is 0 Å². The van der Waals surface area contributed by atoms with Gasteiger partial charge in [0.1, 0.15) is 5.82 Å². The van der Waals surface area contributed by atoms with Crippen molar-refractivity contribution in [3.63, 3.8) is 0 Å². The first-order valence-corrected chi connectivity index (χ1v) is 11.8. The lowest BCUT2D eigenvalue weighted by molar-refractivity contribution is 0.0691. The molecular formula is C26H32N4O2. The molecule has 0 unspecified atom stereocenters. The Hall–Kier alpha value is -3.02. The molecule has 1 N–H and O–H groups in total. The van der Waals surface area contributed by atoms with Gasteiger partial charge in [0.2, 0.25) is 0 Å². The van der Waals surface area contributed by atoms with Crippen molar-refractivity contribution in [1.82, 2.24) is 19.7 Å². The van der Waals surface area contributed by atoms with Gasteiger partial charge in [-0.25, -0.2) is 19.4 Å². The predicted molar refractivity (Wildman–Crippen MR) is 125 cm³/mol. The molecule has 0 spiro atoms. The summed E-state index contributed by atoms with van der Waals surface area (Å²) in [7, 11) is 0. The molecule has 0 bridgehead atoms. The number of aromatic nitrogens is 4. The lowest BCUT2D eigenvalue weighted by Crippen LogP contribution is -2.08. The molecular weight excluding hydrogens is 400 g/mol. The molecule has 3 aromatic rings. The topological polar surface area (TPSA) is 80.9 Å². The standard InChI is InChI=1S/C26H32N4O2/c1-2-7-24-28-23(16-13-19-8-4-3-5-9-19)29-30(24)18-20-11-14-21(15-12-20)22-10-6-17-27-25(22)26(31)32/h6,10-12,14-15,17,19H,2-5,7-9,13,16,18H2,1H3,(H,31,32). The van der Waals surface area contributed by atoms with Gasteiger partial charge in [0.25, 0.3) is 0 Å². The third kappa shape index (κ3) is 5.42. The van der Waals surface area contributed by atoms with Gasteiger partial charge in [-0.3, -0.25) is 0 Å². The van der Waals surface area contributed by atoms with E-state index in [2.05, 4.69) is 11.9 Å². The Bertz CT molecular complexity index is 1040. The maximum Gasteiger partial charge on any atom is 0.355 e. The fourth-order valence-electron chi connectivity index (χ4n) is 4.65. The number of rotatable bonds is 9. The van der Waals surface area contributed by atoms with Crippen molar-refractivity contribution >= 4 is 5.97 Å². The summed E-state index contributed by atoms with van der Waals surface area (Å²) in [5.41, 5.74) is 2.67. The van der Waals surface area contributed by atoms with Gasteiger partial charge in [-0.15, -0.1) is 0 Å². The van der Waals surface area contributed by atoms with Crippen LogP contribution in [0.25, 0.3) is 11.1 Å². The first kappa shape index (κ1) is 22.2. The molecule has 1 aliphatic rings. The lowest BCUT2D eigenvalue weighted by atomic mass is 9.86. The number of pyridine rings is 1. The van der Waals surface area contributed by atoms with Crippen LogP contribution in [0.2, 0.25) is 0 Å². The number of hydrogen-bond donors (Lipinski definition) is 1. The van der Waals surface area contributed by atoms with Crippen molar-refractivity contribution in [3.8, 4) is 11.1 Å². The number of hydrogen-bond acceptors (Lipinski definition) is 4. The molecule has 0 atom stereocenters. The summed E-state index contributed by atoms with van der Waals surface area (Å²) >= 11 is 0. The molecule has 6 heteroatoms. The normalized spacial score (nSPS) is 14.5. The largest absolute Gasteiger partial charge is 0.476 e. The monoisotopic (exact) mass is 432 g/mol. The second-order valence-corrected chi connectivity index (χ2v) is 8.80. The number of benzene rings is 1. The third-order valence-corrected chi connectivity index (χ3v) is 6.37. The summed E-state index contributed by atoms with van der Waals surface area (Å²) in [6.45, 7) is 2.84. The Morgan fingerprint density at radius 3 is 2.59 bits per heavy atom. The van der Waals surface area contributed by atoms with Crippen LogP contribution in [0.5, 0.6) is 0 Å². The van der Waals surface area contributed by atoms with Crippen molar-refractivity contribution < 1.29 is 9.90 Å². The minimum Gasteiger partial charge on any atom is -0.476 e. The van der Waals surface area contributed by atoms with Crippen LogP contribution in [0.15, 0.2) is 42.6 Å². The van der Waals surface area contributed by atoms with Crippen LogP contribution in [0.1, 0.15) is 79.6 Å². The minimum atomic E-state index is -1.02. The zero-order chi connectivity index (χ0) is 22.3. The molecule has 6 nitrogen and oxygen atoms in total. The number of carbonyl (C=O) groups is 1. The highest BCUT2D eigenvalue weighted by Crippen LogP contribution is 2.27. The maximum atomic E-state index is 11.5. The number of aryl methyl sites for hydroxylation is 2. The summed E-state index contributed by atoms with van der Waals surface area (Å²) in [5, 5.41) is 14.2. The number of carboxylic acid groups (broad SMARTS) is 1. The Labute approximate surface area is 189 Å². The SMILES string of the molecule is CCCc1nc(CCC2CCCCC2)nn1Cc1ccc(-c2cccnc2C(=O)O)cc1. The summed E-state index contributed by atoms with van der Waals surface area (Å²) in [5.74, 6) is 1.84. The average molecular weight is 433 g/mol. The highest BCUT2D eigenvalue weighted by atomic mass is 16.4. The molecule has 1 saturated carbocycles. The molecule has 0 radical (unpaired) electrons. The highest BCUT2D eigenvalue weighted by molar-refractivity contribution is 5.93. The molecule has 4 rings (SSSR count). The molecule has 1 aliphatic carbocycles. The van der Waals surface area contributed by atoms with E-state index in [1.807, 2.05) is 28.9 Å². The fraction of sp³-hybridized carbons (Fsp3) is 0.462. The Morgan fingerprint density at radius 2 is 1.88 bits per heavy atom. The van der Waals surface area contributed by atoms with Gasteiger partial charge in [0.15, 0.2) is 11.5 Å². The second-order valence-electron chi connectivity index (χ2n) is 8.80. The fourth-order valence-corrected chi connectivity index (χ4v) is 4.65. The molecule has 2 heterocycles. The van der Waals surface area contributed by atoms with E-state index >= 15 is 0 Å². The maximum absolute atomic E-state index is 11.5. The van der Waals surface area contributed by atoms with Crippen molar-refractivity contribution in [3.05, 3.63) is 65.5 Å². The van der Waals surface area contributed by atoms with Crippen LogP contribution in [0.3, 0.4) is 0 Å². The van der Waals surface area contributed by atoms with Crippen LogP contribution in [-0.2, 0) is 19.4 Å². The number of carboxylic acids is 1. The smallest absolute Gasteiger partial charge is 0.355 e. The molecule has 1 fully saturated rings. The van der Waals surface area contributed by atoms with Gasteiger partial charge >= 0.3 is 5.97 Å². The van der Waals surface area contributed by atoms with Crippen molar-refractivity contribution in [1.29, 1.82) is 0 Å². The van der Waals surface area contributed by atoms with E-state index in [9.17, 15) is 9.90 Å². The zero-order valence-electron chi connectivity index (χ0n) is 18.8. The minimum absolute atomic E-state index is 0.0735.